The molecule has 0 rings (SSSR count). The fourth-order valence-electron chi connectivity index (χ4n) is 14.4. The molecule has 0 aliphatic heterocycles. The number of nitrogens with zero attached hydrogens (tertiary/aromatic N) is 6. The first kappa shape index (κ1) is 107. The van der Waals surface area contributed by atoms with Crippen LogP contribution < -0.4 is 11.1 Å². The van der Waals surface area contributed by atoms with Crippen LogP contribution in [0.15, 0.2) is 0 Å². The zero-order valence-corrected chi connectivity index (χ0v) is 77.0. The Hall–Kier alpha value is -4.95. The minimum Gasteiger partial charge on any atom is -0.444 e. The van der Waals surface area contributed by atoms with E-state index in [0.29, 0.717) is 64.3 Å². The van der Waals surface area contributed by atoms with Crippen molar-refractivity contribution in [2.24, 2.45) is 11.7 Å². The van der Waals surface area contributed by atoms with Crippen LogP contribution in [-0.2, 0) is 33.2 Å². The first-order chi connectivity index (χ1) is 52.5. The minimum atomic E-state index is -2.12. The fraction of sp³-hybridized carbons (Fsp3) is 0.923. The van der Waals surface area contributed by atoms with Crippen molar-refractivity contribution in [3.05, 3.63) is 0 Å². The van der Waals surface area contributed by atoms with Crippen molar-refractivity contribution >= 4 is 42.5 Å². The van der Waals surface area contributed by atoms with Crippen molar-refractivity contribution in [3.8, 4) is 0 Å². The van der Waals surface area contributed by atoms with Crippen LogP contribution in [0.25, 0.3) is 0 Å². The first-order valence-electron chi connectivity index (χ1n) is 45.4. The Morgan fingerprint density at radius 3 is 1.01 bits per heavy atom. The van der Waals surface area contributed by atoms with Crippen LogP contribution in [0.5, 0.6) is 0 Å². The highest BCUT2D eigenvalue weighted by atomic mass is 16.6. The van der Waals surface area contributed by atoms with Gasteiger partial charge < -0.3 is 44.4 Å². The number of carbonyl (C=O) groups excluding carboxylic acids is 7. The molecule has 3 N–H and O–H groups in total. The van der Waals surface area contributed by atoms with Gasteiger partial charge in [-0.05, 0) is 189 Å². The molecule has 0 saturated carbocycles. The van der Waals surface area contributed by atoms with Crippen molar-refractivity contribution in [1.29, 1.82) is 0 Å². The summed E-state index contributed by atoms with van der Waals surface area (Å²) in [6, 6.07) is 0. The van der Waals surface area contributed by atoms with Crippen molar-refractivity contribution in [3.63, 3.8) is 0 Å². The van der Waals surface area contributed by atoms with Gasteiger partial charge in [0.25, 0.3) is 0 Å². The van der Waals surface area contributed by atoms with Crippen LogP contribution in [0.2, 0.25) is 0 Å². The smallest absolute Gasteiger partial charge is 0.413 e. The molecule has 7 amide bonds. The highest BCUT2D eigenvalue weighted by molar-refractivity contribution is 5.77. The zero-order chi connectivity index (χ0) is 84.9. The second-order valence-corrected chi connectivity index (χ2v) is 38.1. The third-order valence-corrected chi connectivity index (χ3v) is 19.9. The summed E-state index contributed by atoms with van der Waals surface area (Å²) in [5, 5.41) is 3.16. The highest BCUT2D eigenvalue weighted by Crippen LogP contribution is 2.41. The van der Waals surface area contributed by atoms with Crippen LogP contribution in [-0.4, -0.2) is 177 Å². The van der Waals surface area contributed by atoms with Gasteiger partial charge in [-0.25, -0.2) is 28.8 Å². The van der Waals surface area contributed by atoms with Crippen LogP contribution in [0.3, 0.4) is 0 Å². The van der Waals surface area contributed by atoms with Gasteiger partial charge in [-0.2, -0.15) is 0 Å². The zero-order valence-electron chi connectivity index (χ0n) is 77.0. The van der Waals surface area contributed by atoms with Crippen LogP contribution in [0.4, 0.5) is 28.8 Å². The van der Waals surface area contributed by atoms with Crippen LogP contribution >= 0.6 is 0 Å². The summed E-state index contributed by atoms with van der Waals surface area (Å²) in [7, 11) is 3.11. The standard InChI is InChI=1S/C91H178N8O13/c1-24-27-74-99(84(106)112-90(19,20)21)91(95(23)80(102)108-86(7,8)9,98(72-26-3)83(105)111-89(16,17)18)76(75-96(81(103)109-87(10,11)12)73-65-68-78(94(22)79(101)107-85(4,5)6)97(71-25-2)82(104)110-88(13,14)15)66-61-58-60-64-70-93-77(100)67-62-57-55-53-51-49-47-45-43-41-39-37-35-33-31-29-28-30-32-34-36-38-40-42-44-46-48-50-52-54-56-59-63-69-92/h76,78H,24-75,92H2,1-23H3,(H,93,100). The lowest BCUT2D eigenvalue weighted by atomic mass is 9.88. The molecule has 0 aromatic carbocycles. The molecular formula is C91H178N8O13. The van der Waals surface area contributed by atoms with E-state index < -0.39 is 88.0 Å². The molecule has 0 bridgehead atoms. The lowest BCUT2D eigenvalue weighted by Gasteiger charge is -2.58. The number of nitrogens with two attached hydrogens (primary N) is 1. The highest BCUT2D eigenvalue weighted by Gasteiger charge is 2.60. The van der Waals surface area contributed by atoms with Gasteiger partial charge in [-0.15, -0.1) is 0 Å². The molecule has 112 heavy (non-hydrogen) atoms. The van der Waals surface area contributed by atoms with Crippen molar-refractivity contribution in [2.75, 3.05) is 59.9 Å². The SMILES string of the molecule is CCCCN(C(=O)OC(C)(C)C)C(C(CCCCCCNC(=O)CCCCCCCCCCCCCCCCCCCCCCCCCCCCCCCCCCCN)CN(CCCC(N(C)C(=O)OC(C)(C)C)N(CCC)C(=O)OC(C)(C)C)C(=O)OC(C)(C)C)(N(C)C(=O)OC(C)(C)C)N(CCC)C(=O)OC(C)(C)C. The minimum absolute atomic E-state index is 0.000284. The van der Waals surface area contributed by atoms with Gasteiger partial charge in [0.2, 0.25) is 11.7 Å². The van der Waals surface area contributed by atoms with Gasteiger partial charge in [0.15, 0.2) is 0 Å². The number of ether oxygens (including phenoxy) is 6. The number of carbonyl (C=O) groups is 7. The predicted octanol–water partition coefficient (Wildman–Crippen LogP) is 25.0. The molecule has 0 saturated heterocycles. The molecule has 3 unspecified atom stereocenters. The molecule has 0 fully saturated rings. The van der Waals surface area contributed by atoms with E-state index in [1.165, 1.54) is 224 Å². The Morgan fingerprint density at radius 1 is 0.321 bits per heavy atom. The number of hydrogen-bond acceptors (Lipinski definition) is 14. The normalized spacial score (nSPS) is 13.3. The lowest BCUT2D eigenvalue weighted by Crippen LogP contribution is -2.77. The van der Waals surface area contributed by atoms with E-state index in [4.69, 9.17) is 34.2 Å². The van der Waals surface area contributed by atoms with Crippen LogP contribution in [0, 0.1) is 5.92 Å². The summed E-state index contributed by atoms with van der Waals surface area (Å²) < 4.78 is 37.1. The largest absolute Gasteiger partial charge is 0.444 e. The van der Waals surface area contributed by atoms with Gasteiger partial charge in [0.1, 0.15) is 39.8 Å². The number of unbranched alkanes of at least 4 members (excludes halogenated alkanes) is 36. The Labute approximate surface area is 687 Å². The van der Waals surface area contributed by atoms with Gasteiger partial charge in [-0.1, -0.05) is 245 Å². The second-order valence-electron chi connectivity index (χ2n) is 38.1. The van der Waals surface area contributed by atoms with Gasteiger partial charge in [0, 0.05) is 65.7 Å². The molecule has 21 nitrogen and oxygen atoms in total. The maximum absolute atomic E-state index is 15.7. The lowest BCUT2D eigenvalue weighted by molar-refractivity contribution is -0.177. The van der Waals surface area contributed by atoms with E-state index in [9.17, 15) is 14.4 Å². The quantitative estimate of drug-likeness (QED) is 0.0328. The molecule has 0 heterocycles. The molecule has 0 aromatic heterocycles. The van der Waals surface area contributed by atoms with Crippen LogP contribution in [0.1, 0.15) is 434 Å². The van der Waals surface area contributed by atoms with E-state index in [2.05, 4.69) is 5.32 Å². The molecule has 0 aliphatic rings. The summed E-state index contributed by atoms with van der Waals surface area (Å²) in [6.07, 6.45) is 44.5. The monoisotopic (exact) mass is 1590 g/mol. The molecule has 0 radical (unpaired) electrons. The molecular weight excluding hydrogens is 1410 g/mol. The van der Waals surface area contributed by atoms with Gasteiger partial charge in [-0.3, -0.25) is 29.3 Å². The summed E-state index contributed by atoms with van der Waals surface area (Å²) >= 11 is 0. The van der Waals surface area contributed by atoms with E-state index >= 15 is 19.2 Å². The van der Waals surface area contributed by atoms with Crippen molar-refractivity contribution in [2.45, 2.75) is 480 Å². The number of rotatable bonds is 61. The van der Waals surface area contributed by atoms with Gasteiger partial charge >= 0.3 is 36.6 Å². The van der Waals surface area contributed by atoms with Gasteiger partial charge in [0.05, 0.1) is 0 Å². The first-order valence-corrected chi connectivity index (χ1v) is 45.4. The molecule has 0 spiro atoms. The Bertz CT molecular complexity index is 2480. The van der Waals surface area contributed by atoms with E-state index in [1.54, 1.807) is 137 Å². The number of nitrogens with one attached hydrogen (secondary N) is 1. The molecule has 21 heteroatoms. The third kappa shape index (κ3) is 52.6. The topological polar surface area (TPSA) is 232 Å². The molecule has 0 aromatic rings. The second kappa shape index (κ2) is 58.8. The van der Waals surface area contributed by atoms with Crippen molar-refractivity contribution < 1.29 is 62.0 Å². The number of amides is 7. The average Bonchev–Trinajstić information content (AvgIpc) is 0.729. The average molecular weight is 1590 g/mol. The third-order valence-electron chi connectivity index (χ3n) is 19.9. The van der Waals surface area contributed by atoms with Crippen molar-refractivity contribution in [1.82, 2.24) is 34.7 Å². The molecule has 0 aliphatic carbocycles. The summed E-state index contributed by atoms with van der Waals surface area (Å²) in [4.78, 5) is 112. The maximum Gasteiger partial charge on any atom is 0.413 e. The van der Waals surface area contributed by atoms with E-state index in [1.807, 2.05) is 20.8 Å². The summed E-state index contributed by atoms with van der Waals surface area (Å²) in [5.41, 5.74) is -0.302. The summed E-state index contributed by atoms with van der Waals surface area (Å²) in [5.74, 6) is -3.09. The Morgan fingerprint density at radius 2 is 0.643 bits per heavy atom. The molecule has 3 atom stereocenters. The van der Waals surface area contributed by atoms with E-state index in [0.717, 1.165) is 25.8 Å². The molecule has 660 valence electrons. The fourth-order valence-corrected chi connectivity index (χ4v) is 14.4. The predicted molar refractivity (Wildman–Crippen MR) is 461 cm³/mol. The summed E-state index contributed by atoms with van der Waals surface area (Å²) in [6.45, 7) is 38.9. The maximum atomic E-state index is 15.7. The Balaban J connectivity index is 6.41. The van der Waals surface area contributed by atoms with E-state index in [-0.39, 0.29) is 57.9 Å². The Kier molecular flexibility index (Phi) is 56.2. The number of hydrogen-bond donors (Lipinski definition) is 2.